The number of nitrogens with zero attached hydrogens (tertiary/aromatic N) is 6. The molecule has 28 heavy (non-hydrogen) atoms. The predicted molar refractivity (Wildman–Crippen MR) is 97.5 cm³/mol. The van der Waals surface area contributed by atoms with Crippen LogP contribution in [0.5, 0.6) is 0 Å². The molecule has 2 aromatic heterocycles. The molecule has 9 nitrogen and oxygen atoms in total. The van der Waals surface area contributed by atoms with E-state index in [9.17, 15) is 9.18 Å². The zero-order valence-corrected chi connectivity index (χ0v) is 15.3. The fraction of sp³-hybridized carbons (Fsp3) is 0.333. The molecule has 4 rings (SSSR count). The number of carbonyl (C=O) groups is 1. The van der Waals surface area contributed by atoms with E-state index >= 15 is 0 Å². The second kappa shape index (κ2) is 7.77. The molecule has 10 heteroatoms. The van der Waals surface area contributed by atoms with Crippen LogP contribution in [0.15, 0.2) is 30.5 Å². The topological polar surface area (TPSA) is 113 Å². The smallest absolute Gasteiger partial charge is 0.289 e. The van der Waals surface area contributed by atoms with Gasteiger partial charge in [-0.15, -0.1) is 10.2 Å². The Morgan fingerprint density at radius 1 is 1.39 bits per heavy atom. The van der Waals surface area contributed by atoms with Crippen molar-refractivity contribution < 1.29 is 9.18 Å². The summed E-state index contributed by atoms with van der Waals surface area (Å²) in [4.78, 5) is 22.6. The van der Waals surface area contributed by atoms with Crippen LogP contribution in [0.3, 0.4) is 0 Å². The Hall–Kier alpha value is -3.27. The molecule has 1 aliphatic rings. The van der Waals surface area contributed by atoms with E-state index in [-0.39, 0.29) is 23.6 Å². The van der Waals surface area contributed by atoms with Crippen molar-refractivity contribution in [1.29, 1.82) is 0 Å². The molecule has 0 radical (unpaired) electrons. The Kier molecular flexibility index (Phi) is 5.02. The maximum Gasteiger partial charge on any atom is 0.289 e. The summed E-state index contributed by atoms with van der Waals surface area (Å²) >= 11 is 0. The highest BCUT2D eigenvalue weighted by molar-refractivity contribution is 5.90. The summed E-state index contributed by atoms with van der Waals surface area (Å²) in [6, 6.07) is 6.47. The van der Waals surface area contributed by atoms with Gasteiger partial charge >= 0.3 is 0 Å². The summed E-state index contributed by atoms with van der Waals surface area (Å²) in [6.45, 7) is 3.63. The SMILES string of the molecule is Cc1ccnc(C(=O)N[C@@H]2CCN(Cc3cc(-c4nn[nH]n4)ccc3F)C2)n1. The lowest BCUT2D eigenvalue weighted by Gasteiger charge is -2.17. The van der Waals surface area contributed by atoms with E-state index in [2.05, 4.69) is 40.8 Å². The van der Waals surface area contributed by atoms with Gasteiger partial charge in [-0.3, -0.25) is 9.69 Å². The van der Waals surface area contributed by atoms with Gasteiger partial charge in [-0.05, 0) is 42.8 Å². The maximum atomic E-state index is 14.3. The first-order valence-electron chi connectivity index (χ1n) is 8.93. The molecule has 2 N–H and O–H groups in total. The van der Waals surface area contributed by atoms with Gasteiger partial charge in [0, 0.05) is 48.7 Å². The number of amides is 1. The van der Waals surface area contributed by atoms with Crippen LogP contribution in [0.4, 0.5) is 4.39 Å². The molecule has 0 aliphatic carbocycles. The lowest BCUT2D eigenvalue weighted by molar-refractivity contribution is 0.0926. The highest BCUT2D eigenvalue weighted by Crippen LogP contribution is 2.21. The fourth-order valence-electron chi connectivity index (χ4n) is 3.26. The number of aryl methyl sites for hydroxylation is 1. The summed E-state index contributed by atoms with van der Waals surface area (Å²) in [5, 5.41) is 16.7. The predicted octanol–water partition coefficient (Wildman–Crippen LogP) is 1.11. The van der Waals surface area contributed by atoms with Gasteiger partial charge in [0.2, 0.25) is 11.6 Å². The van der Waals surface area contributed by atoms with E-state index in [0.29, 0.717) is 30.0 Å². The summed E-state index contributed by atoms with van der Waals surface area (Å²) in [5.74, 6) is 0.0111. The average Bonchev–Trinajstić information content (AvgIpc) is 3.36. The summed E-state index contributed by atoms with van der Waals surface area (Å²) in [7, 11) is 0. The van der Waals surface area contributed by atoms with Crippen molar-refractivity contribution in [3.05, 3.63) is 53.4 Å². The van der Waals surface area contributed by atoms with E-state index in [0.717, 1.165) is 18.7 Å². The molecule has 1 aromatic carbocycles. The van der Waals surface area contributed by atoms with Gasteiger partial charge in [-0.2, -0.15) is 5.21 Å². The lowest BCUT2D eigenvalue weighted by Crippen LogP contribution is -2.37. The van der Waals surface area contributed by atoms with Crippen LogP contribution in [0.2, 0.25) is 0 Å². The quantitative estimate of drug-likeness (QED) is 0.680. The van der Waals surface area contributed by atoms with Crippen molar-refractivity contribution in [3.63, 3.8) is 0 Å². The standard InChI is InChI=1S/C18H19FN8O/c1-11-4-6-20-17(21-11)18(28)22-14-5-7-27(10-14)9-13-8-12(2-3-15(13)19)16-23-25-26-24-16/h2-4,6,8,14H,5,7,9-10H2,1H3,(H,22,28)(H,23,24,25,26)/t14-/m1/s1. The van der Waals surface area contributed by atoms with E-state index in [1.807, 2.05) is 6.92 Å². The third kappa shape index (κ3) is 4.01. The van der Waals surface area contributed by atoms with Crippen LogP contribution >= 0.6 is 0 Å². The molecule has 1 atom stereocenters. The molecular weight excluding hydrogens is 363 g/mol. The average molecular weight is 382 g/mol. The number of aromatic nitrogens is 6. The minimum absolute atomic E-state index is 0.0277. The van der Waals surface area contributed by atoms with Crippen LogP contribution in [0.25, 0.3) is 11.4 Å². The maximum absolute atomic E-state index is 14.3. The fourth-order valence-corrected chi connectivity index (χ4v) is 3.26. The van der Waals surface area contributed by atoms with E-state index in [4.69, 9.17) is 0 Å². The minimum Gasteiger partial charge on any atom is -0.345 e. The van der Waals surface area contributed by atoms with E-state index in [1.54, 1.807) is 24.4 Å². The van der Waals surface area contributed by atoms with Crippen molar-refractivity contribution in [3.8, 4) is 11.4 Å². The van der Waals surface area contributed by atoms with Gasteiger partial charge in [-0.25, -0.2) is 14.4 Å². The Balaban J connectivity index is 1.38. The number of tetrazole rings is 1. The number of benzene rings is 1. The van der Waals surface area contributed by atoms with Gasteiger partial charge in [0.15, 0.2) is 0 Å². The van der Waals surface area contributed by atoms with Gasteiger partial charge in [-0.1, -0.05) is 0 Å². The number of nitrogens with one attached hydrogen (secondary N) is 2. The zero-order valence-electron chi connectivity index (χ0n) is 15.3. The number of rotatable bonds is 5. The third-order valence-electron chi connectivity index (χ3n) is 4.65. The molecule has 144 valence electrons. The second-order valence-corrected chi connectivity index (χ2v) is 6.76. The van der Waals surface area contributed by atoms with Crippen molar-refractivity contribution >= 4 is 5.91 Å². The Morgan fingerprint density at radius 3 is 3.07 bits per heavy atom. The largest absolute Gasteiger partial charge is 0.345 e. The molecule has 0 saturated carbocycles. The first kappa shape index (κ1) is 18.1. The van der Waals surface area contributed by atoms with Crippen LogP contribution < -0.4 is 5.32 Å². The van der Waals surface area contributed by atoms with Gasteiger partial charge < -0.3 is 5.32 Å². The van der Waals surface area contributed by atoms with Crippen LogP contribution in [-0.4, -0.2) is 60.5 Å². The zero-order chi connectivity index (χ0) is 19.5. The number of hydrogen-bond donors (Lipinski definition) is 2. The molecule has 3 aromatic rings. The van der Waals surface area contributed by atoms with E-state index < -0.39 is 0 Å². The lowest BCUT2D eigenvalue weighted by atomic mass is 10.1. The Morgan fingerprint density at radius 2 is 2.29 bits per heavy atom. The number of likely N-dealkylation sites (tertiary alicyclic amines) is 1. The number of carbonyl (C=O) groups excluding carboxylic acids is 1. The number of H-pyrrole nitrogens is 1. The highest BCUT2D eigenvalue weighted by Gasteiger charge is 2.26. The Labute approximate surface area is 160 Å². The minimum atomic E-state index is -0.291. The molecule has 1 fully saturated rings. The summed E-state index contributed by atoms with van der Waals surface area (Å²) < 4.78 is 14.3. The summed E-state index contributed by atoms with van der Waals surface area (Å²) in [6.07, 6.45) is 2.35. The Bertz CT molecular complexity index is 977. The van der Waals surface area contributed by atoms with E-state index in [1.165, 1.54) is 6.07 Å². The number of halogens is 1. The first-order chi connectivity index (χ1) is 13.6. The molecule has 1 saturated heterocycles. The highest BCUT2D eigenvalue weighted by atomic mass is 19.1. The number of aromatic amines is 1. The first-order valence-corrected chi connectivity index (χ1v) is 8.93. The van der Waals surface area contributed by atoms with Crippen LogP contribution in [0.1, 0.15) is 28.3 Å². The van der Waals surface area contributed by atoms with Crippen LogP contribution in [-0.2, 0) is 6.54 Å². The second-order valence-electron chi connectivity index (χ2n) is 6.76. The van der Waals surface area contributed by atoms with Gasteiger partial charge in [0.25, 0.3) is 5.91 Å². The third-order valence-corrected chi connectivity index (χ3v) is 4.65. The molecule has 1 aliphatic heterocycles. The van der Waals surface area contributed by atoms with Crippen molar-refractivity contribution in [2.45, 2.75) is 25.9 Å². The summed E-state index contributed by atoms with van der Waals surface area (Å²) in [5.41, 5.74) is 1.99. The van der Waals surface area contributed by atoms with Crippen molar-refractivity contribution in [2.75, 3.05) is 13.1 Å². The molecule has 0 unspecified atom stereocenters. The molecule has 3 heterocycles. The van der Waals surface area contributed by atoms with Crippen molar-refractivity contribution in [2.24, 2.45) is 0 Å². The van der Waals surface area contributed by atoms with Gasteiger partial charge in [0.1, 0.15) is 5.82 Å². The van der Waals surface area contributed by atoms with Gasteiger partial charge in [0.05, 0.1) is 0 Å². The molecule has 0 spiro atoms. The molecule has 0 bridgehead atoms. The monoisotopic (exact) mass is 382 g/mol. The number of hydrogen-bond acceptors (Lipinski definition) is 7. The molecule has 1 amide bonds. The van der Waals surface area contributed by atoms with Crippen LogP contribution in [0, 0.1) is 12.7 Å². The molecular formula is C18H19FN8O. The van der Waals surface area contributed by atoms with Crippen molar-refractivity contribution in [1.82, 2.24) is 40.8 Å². The normalized spacial score (nSPS) is 17.0.